The molecule has 2 heterocycles. The summed E-state index contributed by atoms with van der Waals surface area (Å²) in [5.41, 5.74) is 6.15. The fraction of sp³-hybridized carbons (Fsp3) is 0.476. The van der Waals surface area contributed by atoms with E-state index in [4.69, 9.17) is 10.5 Å². The van der Waals surface area contributed by atoms with Gasteiger partial charge in [0.05, 0.1) is 30.9 Å². The van der Waals surface area contributed by atoms with E-state index in [0.29, 0.717) is 11.4 Å². The molecule has 1 aliphatic heterocycles. The molecule has 1 aliphatic carbocycles. The smallest absolute Gasteiger partial charge is 0.229 e. The Morgan fingerprint density at radius 2 is 2.15 bits per heavy atom. The second-order valence-electron chi connectivity index (χ2n) is 8.32. The fourth-order valence-electron chi connectivity index (χ4n) is 4.65. The average Bonchev–Trinajstić information content (AvgIpc) is 3.17. The van der Waals surface area contributed by atoms with E-state index >= 15 is 0 Å². The summed E-state index contributed by atoms with van der Waals surface area (Å²) in [4.78, 5) is 20.4. The van der Waals surface area contributed by atoms with Crippen LogP contribution >= 0.6 is 0 Å². The number of carbonyl (C=O) groups excluding carboxylic acids is 1. The summed E-state index contributed by atoms with van der Waals surface area (Å²) >= 11 is 0. The number of halogens is 1. The minimum atomic E-state index is -1.42. The van der Waals surface area contributed by atoms with Gasteiger partial charge in [-0.1, -0.05) is 6.07 Å². The predicted molar refractivity (Wildman–Crippen MR) is 114 cm³/mol. The molecule has 0 radical (unpaired) electrons. The Labute approximate surface area is 188 Å². The lowest BCUT2D eigenvalue weighted by atomic mass is 9.87. The summed E-state index contributed by atoms with van der Waals surface area (Å²) in [7, 11) is 0. The predicted octanol–water partition coefficient (Wildman–Crippen LogP) is -0.655. The number of nitrogens with zero attached hydrogens (tertiary/aromatic N) is 2. The lowest BCUT2D eigenvalue weighted by molar-refractivity contribution is -0.125. The first-order valence-corrected chi connectivity index (χ1v) is 10.5. The number of anilines is 3. The molecule has 8 N–H and O–H groups in total. The van der Waals surface area contributed by atoms with E-state index in [1.54, 1.807) is 24.3 Å². The maximum absolute atomic E-state index is 14.6. The zero-order chi connectivity index (χ0) is 23.7. The topological polar surface area (TPSA) is 183 Å². The molecular formula is C21H26FN5O6. The monoisotopic (exact) mass is 463 g/mol. The molecule has 2 aromatic rings. The van der Waals surface area contributed by atoms with Gasteiger partial charge in [0.2, 0.25) is 11.9 Å². The summed E-state index contributed by atoms with van der Waals surface area (Å²) in [6, 6.07) is 5.68. The number of aliphatic hydroxyl groups is 4. The third-order valence-corrected chi connectivity index (χ3v) is 6.25. The molecule has 0 saturated heterocycles. The van der Waals surface area contributed by atoms with Gasteiger partial charge < -0.3 is 41.5 Å². The fourth-order valence-corrected chi connectivity index (χ4v) is 4.65. The van der Waals surface area contributed by atoms with Crippen LogP contribution in [0.3, 0.4) is 0 Å². The number of amides is 1. The van der Waals surface area contributed by atoms with E-state index < -0.39 is 60.4 Å². The van der Waals surface area contributed by atoms with Crippen molar-refractivity contribution in [2.24, 2.45) is 23.5 Å². The SMILES string of the molecule is NC(=O)[C@@H]1[C@@H]2Nc3nc(ncc3F)Nc3cccc(c3)OC[C@H](O)[C@@H](O)[C@H]2C[C@H]1C(O)CO. The first-order valence-electron chi connectivity index (χ1n) is 10.5. The van der Waals surface area contributed by atoms with Crippen LogP contribution in [0.25, 0.3) is 0 Å². The van der Waals surface area contributed by atoms with E-state index in [0.717, 1.165) is 6.20 Å². The molecule has 178 valence electrons. The van der Waals surface area contributed by atoms with Crippen molar-refractivity contribution in [2.45, 2.75) is 30.8 Å². The Morgan fingerprint density at radius 1 is 1.36 bits per heavy atom. The second-order valence-corrected chi connectivity index (χ2v) is 8.32. The van der Waals surface area contributed by atoms with Gasteiger partial charge in [-0.15, -0.1) is 0 Å². The molecule has 4 bridgehead atoms. The van der Waals surface area contributed by atoms with Crippen molar-refractivity contribution in [1.82, 2.24) is 9.97 Å². The highest BCUT2D eigenvalue weighted by molar-refractivity contribution is 5.79. The van der Waals surface area contributed by atoms with E-state index in [-0.39, 0.29) is 24.8 Å². The van der Waals surface area contributed by atoms with Crippen LogP contribution in [0.4, 0.5) is 21.8 Å². The number of aromatic nitrogens is 2. The summed E-state index contributed by atoms with van der Waals surface area (Å²) in [6.07, 6.45) is -3.14. The van der Waals surface area contributed by atoms with Crippen molar-refractivity contribution in [2.75, 3.05) is 23.8 Å². The van der Waals surface area contributed by atoms with Crippen LogP contribution < -0.4 is 21.1 Å². The lowest BCUT2D eigenvalue weighted by Gasteiger charge is -2.31. The van der Waals surface area contributed by atoms with Crippen LogP contribution in [-0.4, -0.2) is 73.9 Å². The highest BCUT2D eigenvalue weighted by Gasteiger charge is 2.52. The average molecular weight is 463 g/mol. The molecule has 1 aromatic heterocycles. The standard InChI is InChI=1S/C21H26FN5O6/c22-13-6-24-21-25-9-2-1-3-10(4-9)33-8-15(30)18(31)12-5-11(14(29)7-28)16(19(23)32)17(12)26-20(13)27-21/h1-4,6,11-12,14-18,28-31H,5,7-8H2,(H2,23,32)(H2,24,25,26,27)/t11-,12-,14?,15-,16-,17+,18-/m0/s1. The number of aliphatic hydroxyl groups excluding tert-OH is 4. The normalized spacial score (nSPS) is 30.1. The quantitative estimate of drug-likeness (QED) is 0.309. The first-order chi connectivity index (χ1) is 15.8. The van der Waals surface area contributed by atoms with E-state index in [2.05, 4.69) is 20.6 Å². The number of fused-ring (bicyclic) bond motifs is 5. The molecule has 0 spiro atoms. The molecular weight excluding hydrogens is 437 g/mol. The molecule has 1 fully saturated rings. The van der Waals surface area contributed by atoms with Crippen LogP contribution in [0.2, 0.25) is 0 Å². The Bertz CT molecular complexity index is 1010. The highest BCUT2D eigenvalue weighted by atomic mass is 19.1. The van der Waals surface area contributed by atoms with Crippen molar-refractivity contribution in [3.05, 3.63) is 36.3 Å². The molecule has 1 aromatic carbocycles. The maximum Gasteiger partial charge on any atom is 0.229 e. The van der Waals surface area contributed by atoms with E-state index in [1.807, 2.05) is 0 Å². The Morgan fingerprint density at radius 3 is 2.88 bits per heavy atom. The number of benzene rings is 1. The number of hydrogen-bond acceptors (Lipinski definition) is 10. The van der Waals surface area contributed by atoms with Gasteiger partial charge in [0, 0.05) is 29.6 Å². The Balaban J connectivity index is 1.78. The zero-order valence-electron chi connectivity index (χ0n) is 17.5. The third-order valence-electron chi connectivity index (χ3n) is 6.25. The van der Waals surface area contributed by atoms with Crippen LogP contribution in [0.5, 0.6) is 5.75 Å². The minimum Gasteiger partial charge on any atom is -0.491 e. The van der Waals surface area contributed by atoms with E-state index in [1.165, 1.54) is 0 Å². The minimum absolute atomic E-state index is 0.0263. The van der Waals surface area contributed by atoms with Gasteiger partial charge >= 0.3 is 0 Å². The molecule has 7 atom stereocenters. The number of rotatable bonds is 3. The second kappa shape index (κ2) is 9.43. The van der Waals surface area contributed by atoms with Gasteiger partial charge in [-0.25, -0.2) is 9.37 Å². The van der Waals surface area contributed by atoms with Crippen LogP contribution in [0.1, 0.15) is 6.42 Å². The largest absolute Gasteiger partial charge is 0.491 e. The Hall–Kier alpha value is -3.06. The number of carbonyl (C=O) groups is 1. The van der Waals surface area contributed by atoms with Gasteiger partial charge in [0.15, 0.2) is 11.6 Å². The van der Waals surface area contributed by atoms with Gasteiger partial charge in [0.25, 0.3) is 0 Å². The maximum atomic E-state index is 14.6. The molecule has 1 amide bonds. The molecule has 4 rings (SSSR count). The Kier molecular flexibility index (Phi) is 6.61. The number of primary amides is 1. The summed E-state index contributed by atoms with van der Waals surface area (Å²) in [5.74, 6) is -4.20. The number of nitrogens with one attached hydrogen (secondary N) is 2. The number of nitrogens with two attached hydrogens (primary N) is 1. The highest BCUT2D eigenvalue weighted by Crippen LogP contribution is 2.43. The molecule has 12 heteroatoms. The van der Waals surface area contributed by atoms with Gasteiger partial charge in [-0.3, -0.25) is 4.79 Å². The molecule has 1 unspecified atom stereocenters. The summed E-state index contributed by atoms with van der Waals surface area (Å²) in [5, 5.41) is 47.1. The van der Waals surface area contributed by atoms with Crippen molar-refractivity contribution >= 4 is 23.4 Å². The van der Waals surface area contributed by atoms with Crippen molar-refractivity contribution in [3.8, 4) is 5.75 Å². The molecule has 2 aliphatic rings. The van der Waals surface area contributed by atoms with Crippen molar-refractivity contribution in [1.29, 1.82) is 0 Å². The third kappa shape index (κ3) is 4.69. The number of ether oxygens (including phenoxy) is 1. The lowest BCUT2D eigenvalue weighted by Crippen LogP contribution is -2.47. The van der Waals surface area contributed by atoms with Crippen molar-refractivity contribution in [3.63, 3.8) is 0 Å². The van der Waals surface area contributed by atoms with Gasteiger partial charge in [0.1, 0.15) is 18.5 Å². The van der Waals surface area contributed by atoms with E-state index in [9.17, 15) is 29.6 Å². The summed E-state index contributed by atoms with van der Waals surface area (Å²) < 4.78 is 20.2. The summed E-state index contributed by atoms with van der Waals surface area (Å²) in [6.45, 7) is -0.903. The molecule has 33 heavy (non-hydrogen) atoms. The van der Waals surface area contributed by atoms with Crippen LogP contribution in [0, 0.1) is 23.6 Å². The van der Waals surface area contributed by atoms with Crippen LogP contribution in [0.15, 0.2) is 30.5 Å². The van der Waals surface area contributed by atoms with Gasteiger partial charge in [-0.05, 0) is 18.6 Å². The zero-order valence-corrected chi connectivity index (χ0v) is 17.5. The molecule has 1 saturated carbocycles. The first kappa shape index (κ1) is 23.1. The van der Waals surface area contributed by atoms with Crippen LogP contribution in [-0.2, 0) is 4.79 Å². The molecule has 11 nitrogen and oxygen atoms in total. The van der Waals surface area contributed by atoms with Crippen molar-refractivity contribution < 1.29 is 34.3 Å². The van der Waals surface area contributed by atoms with Gasteiger partial charge in [-0.2, -0.15) is 4.98 Å². The number of hydrogen-bond donors (Lipinski definition) is 7.